The van der Waals surface area contributed by atoms with E-state index >= 15 is 0 Å². The number of nitrogens with one attached hydrogen (secondary N) is 2. The number of isocyanates is 1. The van der Waals surface area contributed by atoms with E-state index in [1.807, 2.05) is 0 Å². The predicted molar refractivity (Wildman–Crippen MR) is 34.0 cm³/mol. The summed E-state index contributed by atoms with van der Waals surface area (Å²) < 4.78 is 3.11. The molecule has 9 heavy (non-hydrogen) atoms. The lowest BCUT2D eigenvalue weighted by molar-refractivity contribution is 0.248. The predicted octanol–water partition coefficient (Wildman–Crippen LogP) is -0.240. The van der Waals surface area contributed by atoms with Crippen LogP contribution < -0.4 is 10.4 Å². The smallest absolute Gasteiger partial charge is 0.318 e. The van der Waals surface area contributed by atoms with Crippen molar-refractivity contribution >= 4 is 21.0 Å². The molecule has 1 unspecified atom stereocenters. The molecule has 0 aromatic rings. The minimum Gasteiger partial charge on any atom is -0.341 e. The molecule has 0 saturated heterocycles. The zero-order valence-corrected chi connectivity index (χ0v) is 5.76. The highest BCUT2D eigenvalue weighted by Gasteiger charge is 1.89. The summed E-state index contributed by atoms with van der Waals surface area (Å²) in [5.41, 5.74) is 0. The molecule has 0 saturated carbocycles. The first-order chi connectivity index (χ1) is 4.31. The zero-order chi connectivity index (χ0) is 7.11. The van der Waals surface area contributed by atoms with E-state index in [0.29, 0.717) is 0 Å². The summed E-state index contributed by atoms with van der Waals surface area (Å²) in [5, 5.41) is 4.57. The van der Waals surface area contributed by atoms with Crippen molar-refractivity contribution in [3.05, 3.63) is 0 Å². The highest BCUT2D eigenvalue weighted by Crippen LogP contribution is 2.00. The topological polar surface area (TPSA) is 70.6 Å². The van der Waals surface area contributed by atoms with Crippen LogP contribution in [0.1, 0.15) is 0 Å². The quantitative estimate of drug-likeness (QED) is 0.321. The molecule has 0 aliphatic carbocycles. The molecule has 0 rings (SSSR count). The van der Waals surface area contributed by atoms with E-state index in [1.165, 1.54) is 13.1 Å². The number of amides is 2. The normalized spacial score (nSPS) is 8.56. The lowest BCUT2D eigenvalue weighted by atomic mass is 11.0. The maximum Gasteiger partial charge on any atom is 0.318 e. The first kappa shape index (κ1) is 8.08. The number of carbonyl (C=O) groups excluding carboxylic acids is 2. The fourth-order valence-corrected chi connectivity index (χ4v) is 0.492. The number of urea groups is 1. The highest BCUT2D eigenvalue weighted by atomic mass is 31.1. The summed E-state index contributed by atoms with van der Waals surface area (Å²) in [7, 11) is 1.24. The average molecular weight is 147 g/mol. The number of hydrogen-bond donors (Lipinski definition) is 2. The van der Waals surface area contributed by atoms with Crippen LogP contribution in [0.5, 0.6) is 0 Å². The molecule has 2 amide bonds. The molecule has 50 valence electrons. The van der Waals surface area contributed by atoms with Crippen LogP contribution in [0.15, 0.2) is 4.76 Å². The van der Waals surface area contributed by atoms with Crippen LogP contribution in [0.25, 0.3) is 0 Å². The third kappa shape index (κ3) is 4.94. The van der Waals surface area contributed by atoms with Crippen molar-refractivity contribution in [1.82, 2.24) is 10.4 Å². The van der Waals surface area contributed by atoms with Gasteiger partial charge in [0.25, 0.3) is 0 Å². The van der Waals surface area contributed by atoms with Gasteiger partial charge in [0, 0.05) is 7.05 Å². The number of rotatable bonds is 2. The molecule has 5 nitrogen and oxygen atoms in total. The van der Waals surface area contributed by atoms with E-state index in [0.717, 1.165) is 0 Å². The molecule has 0 fully saturated rings. The van der Waals surface area contributed by atoms with E-state index in [2.05, 4.69) is 15.2 Å². The number of nitrogens with zero attached hydrogens (tertiary/aromatic N) is 1. The van der Waals surface area contributed by atoms with Gasteiger partial charge >= 0.3 is 6.03 Å². The number of hydrogen-bond acceptors (Lipinski definition) is 3. The van der Waals surface area contributed by atoms with Gasteiger partial charge in [0.05, 0.1) is 0 Å². The standard InChI is InChI=1S/C3H6N3O2P/c1-4-3(8)6-9-5-2-7/h9H,1H3,(H2,4,6,8). The Morgan fingerprint density at radius 3 is 2.89 bits per heavy atom. The number of carbonyl (C=O) groups is 1. The lowest BCUT2D eigenvalue weighted by Crippen LogP contribution is -2.26. The van der Waals surface area contributed by atoms with Gasteiger partial charge in [-0.1, -0.05) is 0 Å². The van der Waals surface area contributed by atoms with Gasteiger partial charge in [-0.05, 0) is 0 Å². The van der Waals surface area contributed by atoms with Crippen LogP contribution in [0.4, 0.5) is 4.79 Å². The Morgan fingerprint density at radius 2 is 2.44 bits per heavy atom. The summed E-state index contributed by atoms with van der Waals surface area (Å²) in [4.78, 5) is 19.7. The van der Waals surface area contributed by atoms with Gasteiger partial charge in [-0.3, -0.25) is 0 Å². The molecule has 1 atom stereocenters. The Morgan fingerprint density at radius 1 is 1.78 bits per heavy atom. The summed E-state index contributed by atoms with van der Waals surface area (Å²) in [6, 6.07) is -0.354. The summed E-state index contributed by atoms with van der Waals surface area (Å²) >= 11 is 0. The molecule has 0 bridgehead atoms. The van der Waals surface area contributed by atoms with Crippen molar-refractivity contribution < 1.29 is 9.59 Å². The highest BCUT2D eigenvalue weighted by molar-refractivity contribution is 7.35. The molecular formula is C3H6N3O2P. The molecule has 0 aliphatic heterocycles. The van der Waals surface area contributed by atoms with Crippen molar-refractivity contribution in [2.75, 3.05) is 7.05 Å². The fourth-order valence-electron chi connectivity index (χ4n) is 0.164. The molecule has 0 heterocycles. The van der Waals surface area contributed by atoms with Gasteiger partial charge < -0.3 is 10.4 Å². The van der Waals surface area contributed by atoms with Gasteiger partial charge in [-0.15, -0.1) is 0 Å². The van der Waals surface area contributed by atoms with Crippen LogP contribution in [-0.2, 0) is 4.79 Å². The summed E-state index contributed by atoms with van der Waals surface area (Å²) in [5.74, 6) is 0. The Labute approximate surface area is 53.8 Å². The maximum atomic E-state index is 10.3. The van der Waals surface area contributed by atoms with Crippen LogP contribution in [0.3, 0.4) is 0 Å². The van der Waals surface area contributed by atoms with E-state index in [1.54, 1.807) is 0 Å². The molecule has 0 aromatic heterocycles. The second kappa shape index (κ2) is 5.22. The van der Waals surface area contributed by atoms with Crippen LogP contribution in [0.2, 0.25) is 0 Å². The molecule has 2 N–H and O–H groups in total. The van der Waals surface area contributed by atoms with E-state index < -0.39 is 0 Å². The van der Waals surface area contributed by atoms with Crippen LogP contribution in [-0.4, -0.2) is 19.2 Å². The van der Waals surface area contributed by atoms with Crippen molar-refractivity contribution in [3.63, 3.8) is 0 Å². The van der Waals surface area contributed by atoms with Gasteiger partial charge in [0.2, 0.25) is 6.08 Å². The molecule has 0 aliphatic rings. The van der Waals surface area contributed by atoms with E-state index in [-0.39, 0.29) is 14.9 Å². The lowest BCUT2D eigenvalue weighted by Gasteiger charge is -1.95. The average Bonchev–Trinajstić information content (AvgIpc) is 1.89. The van der Waals surface area contributed by atoms with E-state index in [9.17, 15) is 9.59 Å². The molecule has 0 aromatic carbocycles. The van der Waals surface area contributed by atoms with Crippen molar-refractivity contribution in [2.45, 2.75) is 0 Å². The van der Waals surface area contributed by atoms with Gasteiger partial charge in [-0.2, -0.15) is 4.76 Å². The molecular weight excluding hydrogens is 141 g/mol. The van der Waals surface area contributed by atoms with Crippen molar-refractivity contribution in [3.8, 4) is 0 Å². The van der Waals surface area contributed by atoms with Gasteiger partial charge in [0.1, 0.15) is 8.88 Å². The molecule has 0 spiro atoms. The second-order valence-electron chi connectivity index (χ2n) is 1.02. The Bertz CT molecular complexity index is 142. The van der Waals surface area contributed by atoms with Crippen LogP contribution in [0, 0.1) is 0 Å². The van der Waals surface area contributed by atoms with Gasteiger partial charge in [0.15, 0.2) is 0 Å². The SMILES string of the molecule is CNC(=O)NPN=C=O. The van der Waals surface area contributed by atoms with Crippen LogP contribution >= 0.6 is 8.88 Å². The van der Waals surface area contributed by atoms with Crippen molar-refractivity contribution in [2.24, 2.45) is 4.76 Å². The fraction of sp³-hybridized carbons (Fsp3) is 0.333. The second-order valence-corrected chi connectivity index (χ2v) is 1.72. The molecule has 0 radical (unpaired) electrons. The summed E-state index contributed by atoms with van der Waals surface area (Å²) in [6.07, 6.45) is 1.29. The third-order valence-electron chi connectivity index (χ3n) is 0.498. The Kier molecular flexibility index (Phi) is 4.69. The zero-order valence-electron chi connectivity index (χ0n) is 4.76. The van der Waals surface area contributed by atoms with Gasteiger partial charge in [-0.25, -0.2) is 9.59 Å². The Hall–Kier alpha value is -0.920. The first-order valence-electron chi connectivity index (χ1n) is 2.11. The first-order valence-corrected chi connectivity index (χ1v) is 3.05. The monoisotopic (exact) mass is 147 g/mol. The van der Waals surface area contributed by atoms with Crippen molar-refractivity contribution in [1.29, 1.82) is 0 Å². The minimum atomic E-state index is -0.354. The minimum absolute atomic E-state index is 0.241. The summed E-state index contributed by atoms with van der Waals surface area (Å²) in [6.45, 7) is 0. The van der Waals surface area contributed by atoms with E-state index in [4.69, 9.17) is 0 Å². The Balaban J connectivity index is 3.27. The molecule has 6 heteroatoms. The largest absolute Gasteiger partial charge is 0.341 e. The third-order valence-corrected chi connectivity index (χ3v) is 1.04. The maximum absolute atomic E-state index is 10.3.